The van der Waals surface area contributed by atoms with Gasteiger partial charge in [-0.15, -0.1) is 0 Å². The van der Waals surface area contributed by atoms with Gasteiger partial charge < -0.3 is 10.4 Å². The molecular formula is C17H13ClN2O2. The van der Waals surface area contributed by atoms with Crippen LogP contribution in [0.1, 0.15) is 11.1 Å². The Morgan fingerprint density at radius 2 is 2.05 bits per heavy atom. The van der Waals surface area contributed by atoms with E-state index in [1.165, 1.54) is 12.1 Å². The number of halogens is 1. The highest BCUT2D eigenvalue weighted by Crippen LogP contribution is 2.22. The number of anilines is 1. The normalized spacial score (nSPS) is 10.9. The number of para-hydroxylation sites is 1. The number of nitrogens with zero attached hydrogens (tertiary/aromatic N) is 1. The molecule has 22 heavy (non-hydrogen) atoms. The highest BCUT2D eigenvalue weighted by molar-refractivity contribution is 6.31. The Morgan fingerprint density at radius 3 is 2.68 bits per heavy atom. The number of nitriles is 1. The summed E-state index contributed by atoms with van der Waals surface area (Å²) in [5.74, 6) is -0.563. The predicted molar refractivity (Wildman–Crippen MR) is 86.5 cm³/mol. The summed E-state index contributed by atoms with van der Waals surface area (Å²) in [6.07, 6.45) is 1.33. The molecule has 0 saturated carbocycles. The summed E-state index contributed by atoms with van der Waals surface area (Å²) >= 11 is 6.00. The topological polar surface area (TPSA) is 73.1 Å². The first kappa shape index (κ1) is 15.6. The molecule has 5 heteroatoms. The summed E-state index contributed by atoms with van der Waals surface area (Å²) in [6, 6.07) is 13.4. The van der Waals surface area contributed by atoms with Crippen LogP contribution in [0.2, 0.25) is 5.02 Å². The molecule has 0 aliphatic heterocycles. The largest absolute Gasteiger partial charge is 0.507 e. The molecule has 0 unspecified atom stereocenters. The van der Waals surface area contributed by atoms with Crippen molar-refractivity contribution in [1.82, 2.24) is 0 Å². The molecule has 0 atom stereocenters. The van der Waals surface area contributed by atoms with Gasteiger partial charge in [0.1, 0.15) is 17.4 Å². The standard InChI is InChI=1S/C17H13ClN2O2/c1-11-6-7-14(9-15(11)18)20-17(22)13(10-19)8-12-4-2-3-5-16(12)21/h2-9,21H,1H3,(H,20,22). The number of phenolic OH excluding ortho intramolecular Hbond substituents is 1. The third-order valence-corrected chi connectivity index (χ3v) is 3.44. The third kappa shape index (κ3) is 3.66. The zero-order chi connectivity index (χ0) is 16.1. The van der Waals surface area contributed by atoms with E-state index in [2.05, 4.69) is 5.32 Å². The van der Waals surface area contributed by atoms with Crippen LogP contribution < -0.4 is 5.32 Å². The van der Waals surface area contributed by atoms with Crippen molar-refractivity contribution in [3.8, 4) is 11.8 Å². The van der Waals surface area contributed by atoms with Crippen molar-refractivity contribution in [2.24, 2.45) is 0 Å². The third-order valence-electron chi connectivity index (χ3n) is 3.03. The van der Waals surface area contributed by atoms with E-state index in [4.69, 9.17) is 16.9 Å². The van der Waals surface area contributed by atoms with E-state index in [0.29, 0.717) is 16.3 Å². The van der Waals surface area contributed by atoms with Crippen molar-refractivity contribution in [2.75, 3.05) is 5.32 Å². The zero-order valence-corrected chi connectivity index (χ0v) is 12.6. The van der Waals surface area contributed by atoms with Crippen molar-refractivity contribution in [3.63, 3.8) is 0 Å². The summed E-state index contributed by atoms with van der Waals surface area (Å²) in [7, 11) is 0. The Balaban J connectivity index is 2.24. The highest BCUT2D eigenvalue weighted by Gasteiger charge is 2.11. The Labute approximate surface area is 133 Å². The van der Waals surface area contributed by atoms with Crippen LogP contribution in [0.4, 0.5) is 5.69 Å². The smallest absolute Gasteiger partial charge is 0.266 e. The van der Waals surface area contributed by atoms with Gasteiger partial charge in [0, 0.05) is 16.3 Å². The molecule has 0 spiro atoms. The van der Waals surface area contributed by atoms with Gasteiger partial charge in [-0.05, 0) is 36.8 Å². The van der Waals surface area contributed by atoms with Gasteiger partial charge in [0.05, 0.1) is 0 Å². The quantitative estimate of drug-likeness (QED) is 0.667. The second-order valence-corrected chi connectivity index (χ2v) is 5.05. The van der Waals surface area contributed by atoms with Crippen LogP contribution in [0.3, 0.4) is 0 Å². The molecule has 0 bridgehead atoms. The number of phenols is 1. The van der Waals surface area contributed by atoms with Crippen LogP contribution in [0.25, 0.3) is 6.08 Å². The van der Waals surface area contributed by atoms with E-state index in [1.807, 2.05) is 13.0 Å². The maximum atomic E-state index is 12.1. The van der Waals surface area contributed by atoms with E-state index in [0.717, 1.165) is 5.56 Å². The average Bonchev–Trinajstić information content (AvgIpc) is 2.50. The zero-order valence-electron chi connectivity index (χ0n) is 11.8. The van der Waals surface area contributed by atoms with Gasteiger partial charge in [-0.1, -0.05) is 35.9 Å². The first-order valence-electron chi connectivity index (χ1n) is 6.48. The molecule has 0 aliphatic rings. The lowest BCUT2D eigenvalue weighted by atomic mass is 10.1. The van der Waals surface area contributed by atoms with Crippen LogP contribution in [0.5, 0.6) is 5.75 Å². The number of carbonyl (C=O) groups excluding carboxylic acids is 1. The number of hydrogen-bond acceptors (Lipinski definition) is 3. The summed E-state index contributed by atoms with van der Waals surface area (Å²) in [5.41, 5.74) is 1.68. The minimum atomic E-state index is -0.564. The molecule has 2 rings (SSSR count). The first-order chi connectivity index (χ1) is 10.5. The molecule has 0 radical (unpaired) electrons. The second-order valence-electron chi connectivity index (χ2n) is 4.65. The Hall–Kier alpha value is -2.77. The molecule has 0 aliphatic carbocycles. The number of carbonyl (C=O) groups is 1. The molecule has 1 amide bonds. The fourth-order valence-corrected chi connectivity index (χ4v) is 1.96. The van der Waals surface area contributed by atoms with E-state index >= 15 is 0 Å². The van der Waals surface area contributed by atoms with E-state index in [-0.39, 0.29) is 11.3 Å². The molecule has 2 aromatic rings. The van der Waals surface area contributed by atoms with Crippen LogP contribution in [0, 0.1) is 18.3 Å². The van der Waals surface area contributed by atoms with Crippen molar-refractivity contribution in [3.05, 3.63) is 64.2 Å². The highest BCUT2D eigenvalue weighted by atomic mass is 35.5. The number of nitrogens with one attached hydrogen (secondary N) is 1. The number of rotatable bonds is 3. The van der Waals surface area contributed by atoms with Gasteiger partial charge >= 0.3 is 0 Å². The molecular weight excluding hydrogens is 300 g/mol. The molecule has 110 valence electrons. The first-order valence-corrected chi connectivity index (χ1v) is 6.86. The van der Waals surface area contributed by atoms with Gasteiger partial charge in [-0.25, -0.2) is 0 Å². The minimum absolute atomic E-state index is 0.00132. The molecule has 2 N–H and O–H groups in total. The van der Waals surface area contributed by atoms with Crippen molar-refractivity contribution in [1.29, 1.82) is 5.26 Å². The maximum absolute atomic E-state index is 12.1. The van der Waals surface area contributed by atoms with Crippen molar-refractivity contribution >= 4 is 29.3 Å². The predicted octanol–water partition coefficient (Wildman–Crippen LogP) is 3.90. The lowest BCUT2D eigenvalue weighted by Crippen LogP contribution is -2.13. The van der Waals surface area contributed by atoms with E-state index in [9.17, 15) is 9.90 Å². The summed E-state index contributed by atoms with van der Waals surface area (Å²) in [5, 5.41) is 22.0. The van der Waals surface area contributed by atoms with Crippen LogP contribution >= 0.6 is 11.6 Å². The van der Waals surface area contributed by atoms with Crippen LogP contribution in [-0.2, 0) is 4.79 Å². The Bertz CT molecular complexity index is 791. The lowest BCUT2D eigenvalue weighted by Gasteiger charge is -2.06. The summed E-state index contributed by atoms with van der Waals surface area (Å²) in [4.78, 5) is 12.1. The molecule has 2 aromatic carbocycles. The van der Waals surface area contributed by atoms with Gasteiger partial charge in [-0.2, -0.15) is 5.26 Å². The van der Waals surface area contributed by atoms with Gasteiger partial charge in [0.25, 0.3) is 5.91 Å². The molecule has 0 heterocycles. The van der Waals surface area contributed by atoms with Gasteiger partial charge in [-0.3, -0.25) is 4.79 Å². The van der Waals surface area contributed by atoms with Crippen molar-refractivity contribution in [2.45, 2.75) is 6.92 Å². The fourth-order valence-electron chi connectivity index (χ4n) is 1.78. The molecule has 4 nitrogen and oxygen atoms in total. The monoisotopic (exact) mass is 312 g/mol. The van der Waals surface area contributed by atoms with E-state index < -0.39 is 5.91 Å². The van der Waals surface area contributed by atoms with Crippen LogP contribution in [0.15, 0.2) is 48.0 Å². The summed E-state index contributed by atoms with van der Waals surface area (Å²) < 4.78 is 0. The number of aromatic hydroxyl groups is 1. The molecule has 0 saturated heterocycles. The maximum Gasteiger partial charge on any atom is 0.266 e. The Morgan fingerprint density at radius 1 is 1.32 bits per heavy atom. The summed E-state index contributed by atoms with van der Waals surface area (Å²) in [6.45, 7) is 1.85. The average molecular weight is 313 g/mol. The second kappa shape index (κ2) is 6.79. The SMILES string of the molecule is Cc1ccc(NC(=O)C(C#N)=Cc2ccccc2O)cc1Cl. The van der Waals surface area contributed by atoms with Crippen LogP contribution in [-0.4, -0.2) is 11.0 Å². The van der Waals surface area contributed by atoms with Crippen molar-refractivity contribution < 1.29 is 9.90 Å². The van der Waals surface area contributed by atoms with E-state index in [1.54, 1.807) is 36.4 Å². The number of benzene rings is 2. The number of hydrogen-bond donors (Lipinski definition) is 2. The Kier molecular flexibility index (Phi) is 4.82. The lowest BCUT2D eigenvalue weighted by molar-refractivity contribution is -0.112. The van der Waals surface area contributed by atoms with Gasteiger partial charge in [0.2, 0.25) is 0 Å². The fraction of sp³-hybridized carbons (Fsp3) is 0.0588. The van der Waals surface area contributed by atoms with Gasteiger partial charge in [0.15, 0.2) is 0 Å². The molecule has 0 aromatic heterocycles. The molecule has 0 fully saturated rings. The minimum Gasteiger partial charge on any atom is -0.507 e. The number of aryl methyl sites for hydroxylation is 1. The number of amides is 1.